The molecule has 2 aromatic rings. The Morgan fingerprint density at radius 1 is 1.38 bits per heavy atom. The Hall–Kier alpha value is -1.95. The summed E-state index contributed by atoms with van der Waals surface area (Å²) >= 11 is 5.94. The molecule has 112 valence electrons. The molecule has 7 heteroatoms. The third-order valence-electron chi connectivity index (χ3n) is 3.42. The van der Waals surface area contributed by atoms with Gasteiger partial charge in [0.1, 0.15) is 5.52 Å². The number of carbonyl (C=O) groups is 1. The van der Waals surface area contributed by atoms with Crippen LogP contribution in [-0.2, 0) is 4.74 Å². The van der Waals surface area contributed by atoms with E-state index in [1.54, 1.807) is 24.0 Å². The third kappa shape index (κ3) is 2.90. The normalized spacial score (nSPS) is 15.5. The molecule has 0 aliphatic carbocycles. The van der Waals surface area contributed by atoms with E-state index in [0.717, 1.165) is 5.52 Å². The number of oxazole rings is 1. The van der Waals surface area contributed by atoms with Crippen LogP contribution < -0.4 is 4.90 Å². The number of rotatable bonds is 2. The van der Waals surface area contributed by atoms with Crippen molar-refractivity contribution in [3.8, 4) is 0 Å². The lowest BCUT2D eigenvalue weighted by atomic mass is 10.3. The molecule has 1 aliphatic rings. The maximum absolute atomic E-state index is 11.7. The zero-order chi connectivity index (χ0) is 14.8. The number of hydrogen-bond donors (Lipinski definition) is 0. The summed E-state index contributed by atoms with van der Waals surface area (Å²) in [4.78, 5) is 19.8. The quantitative estimate of drug-likeness (QED) is 0.853. The Bertz CT molecular complexity index is 650. The molecule has 0 unspecified atom stereocenters. The van der Waals surface area contributed by atoms with Gasteiger partial charge >= 0.3 is 6.09 Å². The molecular formula is C14H16ClN3O3. The summed E-state index contributed by atoms with van der Waals surface area (Å²) in [5.41, 5.74) is 1.45. The Labute approximate surface area is 127 Å². The fourth-order valence-corrected chi connectivity index (χ4v) is 2.48. The fourth-order valence-electron chi connectivity index (χ4n) is 2.32. The summed E-state index contributed by atoms with van der Waals surface area (Å²) in [5.74, 6) is 0. The van der Waals surface area contributed by atoms with Crippen LogP contribution in [0, 0.1) is 0 Å². The number of hydrogen-bond acceptors (Lipinski definition) is 5. The van der Waals surface area contributed by atoms with E-state index >= 15 is 0 Å². The van der Waals surface area contributed by atoms with E-state index < -0.39 is 0 Å². The first-order valence-electron chi connectivity index (χ1n) is 6.90. The summed E-state index contributed by atoms with van der Waals surface area (Å²) in [6.45, 7) is 4.72. The highest BCUT2D eigenvalue weighted by atomic mass is 35.5. The van der Waals surface area contributed by atoms with Crippen molar-refractivity contribution in [3.63, 3.8) is 0 Å². The van der Waals surface area contributed by atoms with E-state index in [-0.39, 0.29) is 6.09 Å². The first kappa shape index (κ1) is 14.0. The van der Waals surface area contributed by atoms with Crippen molar-refractivity contribution in [2.45, 2.75) is 6.92 Å². The molecule has 1 aromatic carbocycles. The molecule has 0 atom stereocenters. The van der Waals surface area contributed by atoms with E-state index in [2.05, 4.69) is 4.98 Å². The van der Waals surface area contributed by atoms with Crippen molar-refractivity contribution in [2.24, 2.45) is 0 Å². The topological polar surface area (TPSA) is 58.8 Å². The summed E-state index contributed by atoms with van der Waals surface area (Å²) < 4.78 is 10.7. The second-order valence-corrected chi connectivity index (χ2v) is 5.22. The monoisotopic (exact) mass is 309 g/mol. The zero-order valence-electron chi connectivity index (χ0n) is 11.7. The van der Waals surface area contributed by atoms with Crippen LogP contribution in [0.4, 0.5) is 10.8 Å². The minimum atomic E-state index is -0.263. The summed E-state index contributed by atoms with van der Waals surface area (Å²) in [6.07, 6.45) is -0.263. The largest absolute Gasteiger partial charge is 0.450 e. The van der Waals surface area contributed by atoms with E-state index in [1.165, 1.54) is 0 Å². The lowest BCUT2D eigenvalue weighted by Gasteiger charge is -2.32. The standard InChI is InChI=1S/C14H16ClN3O3/c1-2-20-14(19)18-7-5-17(6-8-18)13-16-11-4-3-10(15)9-12(11)21-13/h3-4,9H,2,5-8H2,1H3. The van der Waals surface area contributed by atoms with E-state index in [4.69, 9.17) is 20.8 Å². The predicted molar refractivity (Wildman–Crippen MR) is 79.8 cm³/mol. The number of carbonyl (C=O) groups excluding carboxylic acids is 1. The lowest BCUT2D eigenvalue weighted by molar-refractivity contribution is 0.104. The van der Waals surface area contributed by atoms with Gasteiger partial charge in [0.2, 0.25) is 0 Å². The van der Waals surface area contributed by atoms with Crippen molar-refractivity contribution in [3.05, 3.63) is 23.2 Å². The number of fused-ring (bicyclic) bond motifs is 1. The van der Waals surface area contributed by atoms with Crippen LogP contribution in [0.15, 0.2) is 22.6 Å². The second-order valence-electron chi connectivity index (χ2n) is 4.78. The Morgan fingerprint density at radius 3 is 2.86 bits per heavy atom. The molecule has 0 spiro atoms. The summed E-state index contributed by atoms with van der Waals surface area (Å²) in [6, 6.07) is 5.94. The van der Waals surface area contributed by atoms with Gasteiger partial charge in [0.05, 0.1) is 6.61 Å². The minimum absolute atomic E-state index is 0.263. The molecule has 6 nitrogen and oxygen atoms in total. The number of anilines is 1. The number of ether oxygens (including phenoxy) is 1. The highest BCUT2D eigenvalue weighted by molar-refractivity contribution is 6.31. The van der Waals surface area contributed by atoms with Gasteiger partial charge in [-0.3, -0.25) is 0 Å². The average Bonchev–Trinajstić information content (AvgIpc) is 2.90. The maximum Gasteiger partial charge on any atom is 0.409 e. The second kappa shape index (κ2) is 5.81. The highest BCUT2D eigenvalue weighted by Gasteiger charge is 2.24. The van der Waals surface area contributed by atoms with Crippen LogP contribution >= 0.6 is 11.6 Å². The van der Waals surface area contributed by atoms with Crippen LogP contribution in [0.3, 0.4) is 0 Å². The third-order valence-corrected chi connectivity index (χ3v) is 3.65. The number of benzene rings is 1. The first-order chi connectivity index (χ1) is 10.2. The van der Waals surface area contributed by atoms with Gasteiger partial charge in [-0.05, 0) is 19.1 Å². The molecule has 1 aromatic heterocycles. The van der Waals surface area contributed by atoms with E-state index in [9.17, 15) is 4.79 Å². The Kier molecular flexibility index (Phi) is 3.88. The molecule has 1 saturated heterocycles. The molecule has 3 rings (SSSR count). The molecule has 0 N–H and O–H groups in total. The van der Waals surface area contributed by atoms with Gasteiger partial charge in [-0.1, -0.05) is 11.6 Å². The van der Waals surface area contributed by atoms with Crippen molar-refractivity contribution in [1.82, 2.24) is 9.88 Å². The van der Waals surface area contributed by atoms with Crippen molar-refractivity contribution in [2.75, 3.05) is 37.7 Å². The van der Waals surface area contributed by atoms with Gasteiger partial charge in [0.25, 0.3) is 6.01 Å². The molecule has 1 amide bonds. The fraction of sp³-hybridized carbons (Fsp3) is 0.429. The van der Waals surface area contributed by atoms with Crippen molar-refractivity contribution in [1.29, 1.82) is 0 Å². The van der Waals surface area contributed by atoms with Crippen LogP contribution in [0.2, 0.25) is 5.02 Å². The van der Waals surface area contributed by atoms with Crippen LogP contribution in [-0.4, -0.2) is 48.8 Å². The molecule has 1 aliphatic heterocycles. The number of aromatic nitrogens is 1. The molecule has 0 bridgehead atoms. The van der Waals surface area contributed by atoms with Crippen molar-refractivity contribution >= 4 is 34.8 Å². The number of amides is 1. The lowest BCUT2D eigenvalue weighted by Crippen LogP contribution is -2.49. The number of nitrogens with zero attached hydrogens (tertiary/aromatic N) is 3. The Balaban J connectivity index is 1.69. The highest BCUT2D eigenvalue weighted by Crippen LogP contribution is 2.25. The maximum atomic E-state index is 11.7. The molecule has 0 radical (unpaired) electrons. The molecular weight excluding hydrogens is 294 g/mol. The van der Waals surface area contributed by atoms with Crippen molar-refractivity contribution < 1.29 is 13.9 Å². The molecule has 2 heterocycles. The minimum Gasteiger partial charge on any atom is -0.450 e. The van der Waals surface area contributed by atoms with Gasteiger partial charge in [-0.15, -0.1) is 0 Å². The van der Waals surface area contributed by atoms with Gasteiger partial charge in [-0.25, -0.2) is 4.79 Å². The summed E-state index contributed by atoms with van der Waals surface area (Å²) in [5, 5.41) is 0.623. The number of halogens is 1. The zero-order valence-corrected chi connectivity index (χ0v) is 12.5. The predicted octanol–water partition coefficient (Wildman–Crippen LogP) is 2.76. The molecule has 0 saturated carbocycles. The smallest absolute Gasteiger partial charge is 0.409 e. The van der Waals surface area contributed by atoms with Gasteiger partial charge in [0, 0.05) is 37.3 Å². The summed E-state index contributed by atoms with van der Waals surface area (Å²) in [7, 11) is 0. The van der Waals surface area contributed by atoms with Crippen LogP contribution in [0.5, 0.6) is 0 Å². The van der Waals surface area contributed by atoms with Gasteiger partial charge < -0.3 is 19.0 Å². The van der Waals surface area contributed by atoms with Crippen LogP contribution in [0.25, 0.3) is 11.1 Å². The SMILES string of the molecule is CCOC(=O)N1CCN(c2nc3ccc(Cl)cc3o2)CC1. The molecule has 1 fully saturated rings. The number of piperazine rings is 1. The molecule has 21 heavy (non-hydrogen) atoms. The van der Waals surface area contributed by atoms with E-state index in [0.29, 0.717) is 49.4 Å². The Morgan fingerprint density at radius 2 is 2.14 bits per heavy atom. The average molecular weight is 310 g/mol. The van der Waals surface area contributed by atoms with Crippen LogP contribution in [0.1, 0.15) is 6.92 Å². The van der Waals surface area contributed by atoms with E-state index in [1.807, 2.05) is 11.0 Å². The first-order valence-corrected chi connectivity index (χ1v) is 7.28. The van der Waals surface area contributed by atoms with Gasteiger partial charge in [0.15, 0.2) is 5.58 Å². The van der Waals surface area contributed by atoms with Gasteiger partial charge in [-0.2, -0.15) is 4.98 Å².